The second kappa shape index (κ2) is 36.5. The van der Waals surface area contributed by atoms with Crippen LogP contribution in [0.3, 0.4) is 0 Å². The number of rotatable bonds is 6. The summed E-state index contributed by atoms with van der Waals surface area (Å²) in [6.45, 7) is 32.6. The van der Waals surface area contributed by atoms with Gasteiger partial charge in [0.1, 0.15) is 12.3 Å². The number of hydrogen-bond donors (Lipinski definition) is 12. The standard InChI is InChI=1S/C47H97N17/c1-10-44(46(61-36-6-20-52-28-24-48-12-2-16-56-32-40-61)62-37-7-21-53-29-25-49-13-3-17-57-33-41-62)60-45(11-1)47(63-38-8-22-54-30-26-50-14-4-18-58-34-42-63)64-39-9-23-55-31-27-51-15-5-19-59-35-43-64/h1,10-11,46-59H,2-9,12-43H2. The predicted molar refractivity (Wildman–Crippen MR) is 267 cm³/mol. The minimum Gasteiger partial charge on any atom is -0.315 e. The molecule has 0 aromatic carbocycles. The van der Waals surface area contributed by atoms with Gasteiger partial charge in [-0.15, -0.1) is 0 Å². The van der Waals surface area contributed by atoms with E-state index < -0.39 is 0 Å². The molecule has 5 rings (SSSR count). The van der Waals surface area contributed by atoms with Crippen LogP contribution in [0.4, 0.5) is 0 Å². The zero-order chi connectivity index (χ0) is 44.2. The Labute approximate surface area is 390 Å². The quantitative estimate of drug-likeness (QED) is 0.160. The number of aromatic nitrogens is 1. The van der Waals surface area contributed by atoms with Crippen LogP contribution in [0, 0.1) is 0 Å². The van der Waals surface area contributed by atoms with E-state index in [1.807, 2.05) is 0 Å². The number of nitrogens with zero attached hydrogens (tertiary/aromatic N) is 5. The first-order valence-corrected chi connectivity index (χ1v) is 26.3. The third-order valence-corrected chi connectivity index (χ3v) is 12.9. The highest BCUT2D eigenvalue weighted by molar-refractivity contribution is 5.18. The Bertz CT molecular complexity index is 1020. The van der Waals surface area contributed by atoms with Gasteiger partial charge in [0.05, 0.1) is 11.4 Å². The molecule has 17 heteroatoms. The molecule has 0 saturated carbocycles. The minimum absolute atomic E-state index is 0.0743. The number of nitrogens with one attached hydrogen (secondary N) is 12. The Balaban J connectivity index is 1.51. The van der Waals surface area contributed by atoms with Gasteiger partial charge in [-0.25, -0.2) is 0 Å². The third kappa shape index (κ3) is 23.0. The van der Waals surface area contributed by atoms with Crippen LogP contribution >= 0.6 is 0 Å². The van der Waals surface area contributed by atoms with Crippen molar-refractivity contribution < 1.29 is 0 Å². The van der Waals surface area contributed by atoms with Crippen molar-refractivity contribution in [1.29, 1.82) is 0 Å². The summed E-state index contributed by atoms with van der Waals surface area (Å²) in [6, 6.07) is 7.07. The molecule has 0 spiro atoms. The largest absolute Gasteiger partial charge is 0.315 e. The van der Waals surface area contributed by atoms with E-state index in [9.17, 15) is 0 Å². The summed E-state index contributed by atoms with van der Waals surface area (Å²) in [5.74, 6) is 0. The highest BCUT2D eigenvalue weighted by Crippen LogP contribution is 2.29. The lowest BCUT2D eigenvalue weighted by atomic mass is 10.1. The molecular weight excluding hydrogens is 803 g/mol. The van der Waals surface area contributed by atoms with Gasteiger partial charge in [0.25, 0.3) is 0 Å². The van der Waals surface area contributed by atoms with Crippen molar-refractivity contribution in [3.63, 3.8) is 0 Å². The highest BCUT2D eigenvalue weighted by Gasteiger charge is 2.32. The van der Waals surface area contributed by atoms with Gasteiger partial charge in [0.2, 0.25) is 0 Å². The minimum atomic E-state index is 0.0743. The second-order valence-electron chi connectivity index (χ2n) is 18.2. The summed E-state index contributed by atoms with van der Waals surface area (Å²) in [5.41, 5.74) is 2.39. The molecule has 0 radical (unpaired) electrons. The molecule has 4 aliphatic rings. The summed E-state index contributed by atoms with van der Waals surface area (Å²) in [6.07, 6.45) is 9.16. The van der Waals surface area contributed by atoms with E-state index in [1.165, 1.54) is 11.4 Å². The predicted octanol–water partition coefficient (Wildman–Crippen LogP) is -1.46. The molecule has 0 amide bonds. The Morgan fingerprint density at radius 2 is 0.484 bits per heavy atom. The van der Waals surface area contributed by atoms with Gasteiger partial charge in [0, 0.05) is 131 Å². The molecule has 1 aromatic heterocycles. The molecule has 4 aliphatic heterocycles. The smallest absolute Gasteiger partial charge is 0.106 e. The van der Waals surface area contributed by atoms with Gasteiger partial charge in [-0.2, -0.15) is 0 Å². The molecule has 370 valence electrons. The highest BCUT2D eigenvalue weighted by atomic mass is 15.4. The van der Waals surface area contributed by atoms with Crippen molar-refractivity contribution in [2.75, 3.05) is 209 Å². The monoisotopic (exact) mass is 900 g/mol. The molecule has 64 heavy (non-hydrogen) atoms. The van der Waals surface area contributed by atoms with Crippen molar-refractivity contribution in [1.82, 2.24) is 88.4 Å². The Kier molecular flexibility index (Phi) is 30.5. The van der Waals surface area contributed by atoms with Gasteiger partial charge in [0.15, 0.2) is 0 Å². The lowest BCUT2D eigenvalue weighted by molar-refractivity contribution is 0.0288. The molecule has 5 heterocycles. The first-order chi connectivity index (χ1) is 31.9. The van der Waals surface area contributed by atoms with Gasteiger partial charge < -0.3 is 63.8 Å². The summed E-state index contributed by atoms with van der Waals surface area (Å²) < 4.78 is 0. The van der Waals surface area contributed by atoms with E-state index in [0.29, 0.717) is 0 Å². The van der Waals surface area contributed by atoms with Gasteiger partial charge in [-0.3, -0.25) is 24.6 Å². The molecule has 4 saturated heterocycles. The summed E-state index contributed by atoms with van der Waals surface area (Å²) >= 11 is 0. The zero-order valence-corrected chi connectivity index (χ0v) is 40.4. The molecule has 0 aliphatic carbocycles. The van der Waals surface area contributed by atoms with Crippen LogP contribution in [0.25, 0.3) is 0 Å². The maximum absolute atomic E-state index is 5.96. The molecule has 0 atom stereocenters. The van der Waals surface area contributed by atoms with Crippen LogP contribution in [0.2, 0.25) is 0 Å². The number of pyridine rings is 1. The van der Waals surface area contributed by atoms with Crippen LogP contribution in [0.5, 0.6) is 0 Å². The van der Waals surface area contributed by atoms with Gasteiger partial charge in [-0.05, 0) is 142 Å². The van der Waals surface area contributed by atoms with Crippen LogP contribution in [0.1, 0.15) is 75.1 Å². The first kappa shape index (κ1) is 53.5. The summed E-state index contributed by atoms with van der Waals surface area (Å²) in [5, 5.41) is 44.7. The first-order valence-electron chi connectivity index (χ1n) is 26.3. The summed E-state index contributed by atoms with van der Waals surface area (Å²) in [7, 11) is 0. The van der Waals surface area contributed by atoms with E-state index in [1.54, 1.807) is 0 Å². The average molecular weight is 900 g/mol. The van der Waals surface area contributed by atoms with Crippen molar-refractivity contribution in [2.24, 2.45) is 0 Å². The lowest BCUT2D eigenvalue weighted by Gasteiger charge is -2.42. The van der Waals surface area contributed by atoms with Gasteiger partial charge >= 0.3 is 0 Å². The Morgan fingerprint density at radius 3 is 0.734 bits per heavy atom. The normalized spacial score (nSPS) is 24.8. The van der Waals surface area contributed by atoms with E-state index in [0.717, 1.165) is 261 Å². The maximum atomic E-state index is 5.96. The van der Waals surface area contributed by atoms with Crippen LogP contribution in [-0.4, -0.2) is 234 Å². The van der Waals surface area contributed by atoms with Crippen molar-refractivity contribution >= 4 is 0 Å². The molecule has 12 N–H and O–H groups in total. The van der Waals surface area contributed by atoms with Crippen molar-refractivity contribution in [3.05, 3.63) is 29.6 Å². The van der Waals surface area contributed by atoms with E-state index >= 15 is 0 Å². The third-order valence-electron chi connectivity index (χ3n) is 12.9. The topological polar surface area (TPSA) is 170 Å². The van der Waals surface area contributed by atoms with E-state index in [2.05, 4.69) is 102 Å². The molecule has 4 fully saturated rings. The summed E-state index contributed by atoms with van der Waals surface area (Å²) in [4.78, 5) is 17.1. The molecule has 0 bridgehead atoms. The number of hydrogen-bond acceptors (Lipinski definition) is 17. The van der Waals surface area contributed by atoms with E-state index in [-0.39, 0.29) is 12.3 Å². The van der Waals surface area contributed by atoms with Crippen molar-refractivity contribution in [3.8, 4) is 0 Å². The lowest BCUT2D eigenvalue weighted by Crippen LogP contribution is -2.49. The molecule has 0 unspecified atom stereocenters. The Hall–Kier alpha value is -1.49. The fraction of sp³-hybridized carbons (Fsp3) is 0.894. The fourth-order valence-electron chi connectivity index (χ4n) is 9.47. The van der Waals surface area contributed by atoms with Crippen molar-refractivity contribution in [2.45, 2.75) is 63.7 Å². The van der Waals surface area contributed by atoms with Gasteiger partial charge in [-0.1, -0.05) is 6.07 Å². The molecule has 1 aromatic rings. The fourth-order valence-corrected chi connectivity index (χ4v) is 9.47. The molecular formula is C47H97N17. The van der Waals surface area contributed by atoms with Crippen LogP contribution in [0.15, 0.2) is 18.2 Å². The maximum Gasteiger partial charge on any atom is 0.106 e. The average Bonchev–Trinajstić information content (AvgIpc) is 3.31. The SMILES string of the molecule is c1cc(C(N2CCCNCCNCCCNCC2)N2CCCNCCNCCCNCC2)nc(C(N2CCCNCCNCCCNCC2)N2CCCNCCNCCCNCC2)c1. The molecule has 17 nitrogen and oxygen atoms in total. The van der Waals surface area contributed by atoms with Crippen LogP contribution < -0.4 is 63.8 Å². The van der Waals surface area contributed by atoms with E-state index in [4.69, 9.17) is 4.98 Å². The second-order valence-corrected chi connectivity index (χ2v) is 18.2. The Morgan fingerprint density at radius 1 is 0.266 bits per heavy atom. The van der Waals surface area contributed by atoms with Crippen LogP contribution in [-0.2, 0) is 0 Å². The zero-order valence-electron chi connectivity index (χ0n) is 40.4.